The largest absolute Gasteiger partial charge is 0.484 e. The van der Waals surface area contributed by atoms with Crippen molar-refractivity contribution in [2.45, 2.75) is 48.0 Å². The van der Waals surface area contributed by atoms with Crippen LogP contribution in [-0.4, -0.2) is 29.3 Å². The molecule has 0 bridgehead atoms. The summed E-state index contributed by atoms with van der Waals surface area (Å²) in [5.41, 5.74) is 0.708. The van der Waals surface area contributed by atoms with Crippen LogP contribution in [-0.2, 0) is 13.3 Å². The maximum atomic E-state index is 5.22. The molecule has 0 aliphatic heterocycles. The molecule has 16 heavy (non-hydrogen) atoms. The molecule has 1 fully saturated rings. The lowest BCUT2D eigenvalue weighted by molar-refractivity contribution is 0.107. The lowest BCUT2D eigenvalue weighted by Crippen LogP contribution is -2.27. The van der Waals surface area contributed by atoms with Gasteiger partial charge in [-0.25, -0.2) is 0 Å². The van der Waals surface area contributed by atoms with Gasteiger partial charge in [-0.2, -0.15) is 0 Å². The van der Waals surface area contributed by atoms with Crippen molar-refractivity contribution in [3.05, 3.63) is 0 Å². The van der Waals surface area contributed by atoms with E-state index in [1.807, 2.05) is 20.8 Å². The van der Waals surface area contributed by atoms with Gasteiger partial charge in [0.1, 0.15) is 0 Å². The van der Waals surface area contributed by atoms with Crippen LogP contribution in [0.3, 0.4) is 0 Å². The first-order valence-electron chi connectivity index (χ1n) is 6.32. The minimum absolute atomic E-state index is 0.677. The highest BCUT2D eigenvalue weighted by molar-refractivity contribution is 6.36. The topological polar surface area (TPSA) is 27.7 Å². The van der Waals surface area contributed by atoms with Crippen LogP contribution in [0, 0.1) is 11.3 Å². The SMILES string of the molecule is CC1CC1(C)C.CCO[SiH](OCC)OCC. The third kappa shape index (κ3) is 7.38. The molecule has 0 spiro atoms. The quantitative estimate of drug-likeness (QED) is 0.677. The lowest BCUT2D eigenvalue weighted by atomic mass is 10.1. The summed E-state index contributed by atoms with van der Waals surface area (Å²) in [6, 6.07) is 0. The molecule has 1 saturated carbocycles. The highest BCUT2D eigenvalue weighted by atomic mass is 28.3. The molecule has 0 heterocycles. The number of hydrogen-bond donors (Lipinski definition) is 0. The Bertz CT molecular complexity index is 159. The fourth-order valence-electron chi connectivity index (χ4n) is 1.28. The Balaban J connectivity index is 0.000000315. The van der Waals surface area contributed by atoms with Crippen molar-refractivity contribution in [2.75, 3.05) is 19.8 Å². The second-order valence-corrected chi connectivity index (χ2v) is 6.33. The standard InChI is InChI=1S/C6H16O3Si.C6H12/c1-4-7-10(8-5-2)9-6-3;1-5-4-6(5,2)3/h10H,4-6H2,1-3H3;5H,4H2,1-3H3. The fourth-order valence-corrected chi connectivity index (χ4v) is 2.39. The van der Waals surface area contributed by atoms with E-state index in [1.165, 1.54) is 6.42 Å². The first kappa shape index (κ1) is 16.1. The molecule has 98 valence electrons. The first-order valence-corrected chi connectivity index (χ1v) is 7.74. The van der Waals surface area contributed by atoms with E-state index in [2.05, 4.69) is 20.8 Å². The van der Waals surface area contributed by atoms with E-state index in [4.69, 9.17) is 13.3 Å². The molecule has 4 heteroatoms. The molecular formula is C12H28O3Si. The molecule has 1 atom stereocenters. The third-order valence-corrected chi connectivity index (χ3v) is 4.73. The van der Waals surface area contributed by atoms with Crippen molar-refractivity contribution in [3.63, 3.8) is 0 Å². The zero-order valence-electron chi connectivity index (χ0n) is 11.7. The van der Waals surface area contributed by atoms with E-state index in [-0.39, 0.29) is 0 Å². The third-order valence-electron chi connectivity index (χ3n) is 2.91. The molecule has 0 N–H and O–H groups in total. The van der Waals surface area contributed by atoms with Gasteiger partial charge in [-0.15, -0.1) is 0 Å². The van der Waals surface area contributed by atoms with Crippen molar-refractivity contribution in [3.8, 4) is 0 Å². The average molecular weight is 248 g/mol. The summed E-state index contributed by atoms with van der Waals surface area (Å²) >= 11 is 0. The Morgan fingerprint density at radius 2 is 1.25 bits per heavy atom. The molecule has 0 aromatic rings. The van der Waals surface area contributed by atoms with Crippen LogP contribution >= 0.6 is 0 Å². The van der Waals surface area contributed by atoms with Crippen LogP contribution in [0.15, 0.2) is 0 Å². The molecule has 1 aliphatic carbocycles. The minimum Gasteiger partial charge on any atom is -0.376 e. The molecule has 0 aromatic heterocycles. The molecule has 3 nitrogen and oxygen atoms in total. The highest BCUT2D eigenvalue weighted by Crippen LogP contribution is 2.50. The molecule has 1 unspecified atom stereocenters. The number of rotatable bonds is 6. The van der Waals surface area contributed by atoms with E-state index < -0.39 is 9.53 Å². The van der Waals surface area contributed by atoms with Gasteiger partial charge in [-0.3, -0.25) is 0 Å². The van der Waals surface area contributed by atoms with Gasteiger partial charge in [-0.05, 0) is 38.5 Å². The van der Waals surface area contributed by atoms with Crippen LogP contribution in [0.4, 0.5) is 0 Å². The Morgan fingerprint density at radius 3 is 1.38 bits per heavy atom. The summed E-state index contributed by atoms with van der Waals surface area (Å²) < 4.78 is 15.7. The molecule has 0 aromatic carbocycles. The van der Waals surface area contributed by atoms with Crippen LogP contribution in [0.5, 0.6) is 0 Å². The summed E-state index contributed by atoms with van der Waals surface area (Å²) in [5.74, 6) is 0.998. The first-order chi connectivity index (χ1) is 7.47. The van der Waals surface area contributed by atoms with Gasteiger partial charge in [0.15, 0.2) is 0 Å². The van der Waals surface area contributed by atoms with Crippen molar-refractivity contribution in [2.24, 2.45) is 11.3 Å². The minimum atomic E-state index is -1.73. The average Bonchev–Trinajstić information content (AvgIpc) is 2.73. The van der Waals surface area contributed by atoms with Crippen molar-refractivity contribution in [1.82, 2.24) is 0 Å². The van der Waals surface area contributed by atoms with E-state index in [1.54, 1.807) is 0 Å². The second kappa shape index (κ2) is 8.23. The van der Waals surface area contributed by atoms with E-state index in [0.717, 1.165) is 5.92 Å². The van der Waals surface area contributed by atoms with Gasteiger partial charge in [0, 0.05) is 19.8 Å². The number of hydrogen-bond acceptors (Lipinski definition) is 3. The molecule has 0 amide bonds. The molecular weight excluding hydrogens is 220 g/mol. The van der Waals surface area contributed by atoms with E-state index in [0.29, 0.717) is 25.2 Å². The Kier molecular flexibility index (Phi) is 8.28. The fraction of sp³-hybridized carbons (Fsp3) is 1.00. The maximum absolute atomic E-state index is 5.22. The maximum Gasteiger partial charge on any atom is 0.484 e. The van der Waals surface area contributed by atoms with E-state index >= 15 is 0 Å². The molecule has 1 aliphatic rings. The summed E-state index contributed by atoms with van der Waals surface area (Å²) in [5, 5.41) is 0. The van der Waals surface area contributed by atoms with Gasteiger partial charge in [-0.1, -0.05) is 20.8 Å². The van der Waals surface area contributed by atoms with Crippen LogP contribution < -0.4 is 0 Å². The normalized spacial score (nSPS) is 21.6. The smallest absolute Gasteiger partial charge is 0.376 e. The predicted octanol–water partition coefficient (Wildman–Crippen LogP) is 2.87. The second-order valence-electron chi connectivity index (χ2n) is 4.75. The zero-order valence-corrected chi connectivity index (χ0v) is 12.9. The summed E-state index contributed by atoms with van der Waals surface area (Å²) in [7, 11) is -1.73. The summed E-state index contributed by atoms with van der Waals surface area (Å²) in [4.78, 5) is 0. The Labute approximate surface area is 102 Å². The van der Waals surface area contributed by atoms with Gasteiger partial charge < -0.3 is 13.3 Å². The Morgan fingerprint density at radius 1 is 1.00 bits per heavy atom. The van der Waals surface area contributed by atoms with Crippen molar-refractivity contribution in [1.29, 1.82) is 0 Å². The van der Waals surface area contributed by atoms with Crippen LogP contribution in [0.25, 0.3) is 0 Å². The predicted molar refractivity (Wildman–Crippen MR) is 69.6 cm³/mol. The molecule has 0 saturated heterocycles. The van der Waals surface area contributed by atoms with Gasteiger partial charge >= 0.3 is 9.53 Å². The lowest BCUT2D eigenvalue weighted by Gasteiger charge is -2.12. The van der Waals surface area contributed by atoms with Gasteiger partial charge in [0.2, 0.25) is 0 Å². The van der Waals surface area contributed by atoms with Crippen molar-refractivity contribution < 1.29 is 13.3 Å². The van der Waals surface area contributed by atoms with Gasteiger partial charge in [0.25, 0.3) is 0 Å². The molecule has 1 rings (SSSR count). The van der Waals surface area contributed by atoms with Crippen LogP contribution in [0.1, 0.15) is 48.0 Å². The summed E-state index contributed by atoms with van der Waals surface area (Å²) in [6.07, 6.45) is 1.44. The van der Waals surface area contributed by atoms with Crippen LogP contribution in [0.2, 0.25) is 0 Å². The van der Waals surface area contributed by atoms with Crippen molar-refractivity contribution >= 4 is 9.53 Å². The van der Waals surface area contributed by atoms with Gasteiger partial charge in [0.05, 0.1) is 0 Å². The monoisotopic (exact) mass is 248 g/mol. The highest BCUT2D eigenvalue weighted by Gasteiger charge is 2.41. The van der Waals surface area contributed by atoms with E-state index in [9.17, 15) is 0 Å². The Hall–Kier alpha value is 0.0969. The molecule has 0 radical (unpaired) electrons. The zero-order chi connectivity index (χ0) is 12.6. The summed E-state index contributed by atoms with van der Waals surface area (Å²) in [6.45, 7) is 14.8.